The van der Waals surface area contributed by atoms with Crippen molar-refractivity contribution in [2.24, 2.45) is 11.8 Å². The Morgan fingerprint density at radius 2 is 0.800 bits per heavy atom. The molecule has 0 saturated heterocycles. The van der Waals surface area contributed by atoms with E-state index in [9.17, 15) is 35.1 Å². The maximum atomic E-state index is 12.0. The highest BCUT2D eigenvalue weighted by Gasteiger charge is 2.41. The quantitative estimate of drug-likeness (QED) is 0.538. The average molecular weight is 316 g/mol. The fourth-order valence-electron chi connectivity index (χ4n) is 1.27. The van der Waals surface area contributed by atoms with Gasteiger partial charge in [0, 0.05) is 12.8 Å². The van der Waals surface area contributed by atoms with E-state index in [0.717, 1.165) is 0 Å². The molecule has 0 aromatic heterocycles. The molecule has 0 aliphatic carbocycles. The SMILES string of the molecule is CC(C)CC(F)(F)C(F)F.CC(C)CC(F)(F)C(F)F. The first-order valence-electron chi connectivity index (χ1n) is 6.04. The molecule has 0 unspecified atom stereocenters. The first-order chi connectivity index (χ1) is 8.72. The third-order valence-electron chi connectivity index (χ3n) is 2.00. The molecule has 0 aliphatic rings. The summed E-state index contributed by atoms with van der Waals surface area (Å²) in [4.78, 5) is 0. The molecule has 0 atom stereocenters. The van der Waals surface area contributed by atoms with E-state index in [1.165, 1.54) is 27.7 Å². The number of halogens is 8. The van der Waals surface area contributed by atoms with Gasteiger partial charge in [0.25, 0.3) is 0 Å². The summed E-state index contributed by atoms with van der Waals surface area (Å²) in [5, 5.41) is 0. The van der Waals surface area contributed by atoms with Crippen molar-refractivity contribution < 1.29 is 35.1 Å². The molecule has 0 saturated carbocycles. The molecule has 0 spiro atoms. The van der Waals surface area contributed by atoms with Crippen molar-refractivity contribution in [3.63, 3.8) is 0 Å². The van der Waals surface area contributed by atoms with Crippen molar-refractivity contribution in [3.8, 4) is 0 Å². The fraction of sp³-hybridized carbons (Fsp3) is 1.00. The monoisotopic (exact) mass is 316 g/mol. The lowest BCUT2D eigenvalue weighted by molar-refractivity contribution is -0.138. The highest BCUT2D eigenvalue weighted by Crippen LogP contribution is 2.30. The van der Waals surface area contributed by atoms with E-state index >= 15 is 0 Å². The van der Waals surface area contributed by atoms with Gasteiger partial charge in [0.1, 0.15) is 0 Å². The van der Waals surface area contributed by atoms with Crippen molar-refractivity contribution in [2.75, 3.05) is 0 Å². The molecule has 0 nitrogen and oxygen atoms in total. The van der Waals surface area contributed by atoms with Crippen molar-refractivity contribution in [1.29, 1.82) is 0 Å². The summed E-state index contributed by atoms with van der Waals surface area (Å²) in [5.74, 6) is -8.42. The van der Waals surface area contributed by atoms with Crippen LogP contribution in [0.25, 0.3) is 0 Å². The minimum atomic E-state index is -3.81. The smallest absolute Gasteiger partial charge is 0.204 e. The summed E-state index contributed by atoms with van der Waals surface area (Å²) in [7, 11) is 0. The average Bonchev–Trinajstić information content (AvgIpc) is 2.13. The van der Waals surface area contributed by atoms with Gasteiger partial charge < -0.3 is 0 Å². The molecule has 20 heavy (non-hydrogen) atoms. The van der Waals surface area contributed by atoms with Crippen molar-refractivity contribution in [2.45, 2.75) is 65.2 Å². The summed E-state index contributed by atoms with van der Waals surface area (Å²) in [6.07, 6.45) is -8.56. The summed E-state index contributed by atoms with van der Waals surface area (Å²) < 4.78 is 93.9. The van der Waals surface area contributed by atoms with Crippen molar-refractivity contribution in [1.82, 2.24) is 0 Å². The van der Waals surface area contributed by atoms with Crippen LogP contribution in [0.2, 0.25) is 0 Å². The zero-order valence-corrected chi connectivity index (χ0v) is 11.7. The number of rotatable bonds is 6. The number of alkyl halides is 8. The topological polar surface area (TPSA) is 0 Å². The molecule has 0 bridgehead atoms. The van der Waals surface area contributed by atoms with Gasteiger partial charge >= 0.3 is 24.7 Å². The van der Waals surface area contributed by atoms with Crippen LogP contribution in [-0.4, -0.2) is 24.7 Å². The maximum Gasteiger partial charge on any atom is 0.307 e. The Bertz CT molecular complexity index is 222. The number of hydrogen-bond donors (Lipinski definition) is 0. The van der Waals surface area contributed by atoms with Crippen LogP contribution in [-0.2, 0) is 0 Å². The van der Waals surface area contributed by atoms with Crippen LogP contribution in [0.5, 0.6) is 0 Å². The molecule has 0 aromatic rings. The first kappa shape index (κ1) is 21.7. The van der Waals surface area contributed by atoms with Crippen LogP contribution in [0, 0.1) is 11.8 Å². The predicted octanol–water partition coefficient (Wildman–Crippen LogP) is 5.87. The first-order valence-corrected chi connectivity index (χ1v) is 6.04. The largest absolute Gasteiger partial charge is 0.307 e. The van der Waals surface area contributed by atoms with Crippen molar-refractivity contribution in [3.05, 3.63) is 0 Å². The Morgan fingerprint density at radius 1 is 0.600 bits per heavy atom. The van der Waals surface area contributed by atoms with Gasteiger partial charge in [-0.25, -0.2) is 35.1 Å². The molecule has 8 heteroatoms. The minimum absolute atomic E-state index is 0.399. The summed E-state index contributed by atoms with van der Waals surface area (Å²) in [6, 6.07) is 0. The van der Waals surface area contributed by atoms with Crippen LogP contribution in [0.15, 0.2) is 0 Å². The Balaban J connectivity index is 0. The zero-order valence-electron chi connectivity index (χ0n) is 11.7. The normalized spacial score (nSPS) is 13.2. The Morgan fingerprint density at radius 3 is 0.850 bits per heavy atom. The maximum absolute atomic E-state index is 12.0. The van der Waals surface area contributed by atoms with E-state index in [-0.39, 0.29) is 0 Å². The lowest BCUT2D eigenvalue weighted by Gasteiger charge is -2.16. The lowest BCUT2D eigenvalue weighted by atomic mass is 10.1. The third-order valence-corrected chi connectivity index (χ3v) is 2.00. The molecule has 0 aliphatic heterocycles. The molecular formula is C12H20F8. The summed E-state index contributed by atoms with van der Waals surface area (Å²) >= 11 is 0. The predicted molar refractivity (Wildman–Crippen MR) is 60.8 cm³/mol. The second-order valence-electron chi connectivity index (χ2n) is 5.32. The molecule has 124 valence electrons. The van der Waals surface area contributed by atoms with E-state index in [2.05, 4.69) is 0 Å². The Kier molecular flexibility index (Phi) is 9.42. The highest BCUT2D eigenvalue weighted by atomic mass is 19.3. The van der Waals surface area contributed by atoms with Gasteiger partial charge in [-0.15, -0.1) is 0 Å². The fourth-order valence-corrected chi connectivity index (χ4v) is 1.27. The Labute approximate surface area is 113 Å². The van der Waals surface area contributed by atoms with Gasteiger partial charge in [-0.2, -0.15) is 0 Å². The van der Waals surface area contributed by atoms with Crippen molar-refractivity contribution >= 4 is 0 Å². The van der Waals surface area contributed by atoms with E-state index in [1.54, 1.807) is 0 Å². The number of hydrogen-bond acceptors (Lipinski definition) is 0. The standard InChI is InChI=1S/2C6H10F4/c2*1-4(2)3-6(9,10)5(7)8/h2*4-5H,3H2,1-2H3. The molecule has 0 amide bonds. The van der Waals surface area contributed by atoms with Gasteiger partial charge in [0.2, 0.25) is 0 Å². The van der Waals surface area contributed by atoms with E-state index in [1.807, 2.05) is 0 Å². The zero-order chi connectivity index (χ0) is 16.7. The molecule has 0 heterocycles. The molecular weight excluding hydrogens is 296 g/mol. The lowest BCUT2D eigenvalue weighted by Crippen LogP contribution is -2.28. The summed E-state index contributed by atoms with van der Waals surface area (Å²) in [5.41, 5.74) is 0. The van der Waals surface area contributed by atoms with Gasteiger partial charge in [0.15, 0.2) is 0 Å². The van der Waals surface area contributed by atoms with Crippen LogP contribution in [0.1, 0.15) is 40.5 Å². The highest BCUT2D eigenvalue weighted by molar-refractivity contribution is 4.70. The van der Waals surface area contributed by atoms with Crippen LogP contribution in [0.3, 0.4) is 0 Å². The second kappa shape index (κ2) is 8.67. The van der Waals surface area contributed by atoms with E-state index in [4.69, 9.17) is 0 Å². The van der Waals surface area contributed by atoms with Gasteiger partial charge in [-0.05, 0) is 11.8 Å². The van der Waals surface area contributed by atoms with Gasteiger partial charge in [-0.3, -0.25) is 0 Å². The van der Waals surface area contributed by atoms with Gasteiger partial charge in [-0.1, -0.05) is 27.7 Å². The molecule has 0 N–H and O–H groups in total. The van der Waals surface area contributed by atoms with Crippen LogP contribution >= 0.6 is 0 Å². The molecule has 0 rings (SSSR count). The Hall–Kier alpha value is -0.560. The van der Waals surface area contributed by atoms with E-state index < -0.39 is 49.4 Å². The van der Waals surface area contributed by atoms with Crippen LogP contribution < -0.4 is 0 Å². The molecule has 0 radical (unpaired) electrons. The van der Waals surface area contributed by atoms with E-state index in [0.29, 0.717) is 0 Å². The minimum Gasteiger partial charge on any atom is -0.204 e. The molecule has 0 aromatic carbocycles. The molecule has 0 fully saturated rings. The van der Waals surface area contributed by atoms with Gasteiger partial charge in [0.05, 0.1) is 0 Å². The second-order valence-corrected chi connectivity index (χ2v) is 5.32. The summed E-state index contributed by atoms with van der Waals surface area (Å²) in [6.45, 7) is 5.93. The van der Waals surface area contributed by atoms with Crippen LogP contribution in [0.4, 0.5) is 35.1 Å². The third kappa shape index (κ3) is 10.3.